The third kappa shape index (κ3) is 7.98. The van der Waals surface area contributed by atoms with Crippen LogP contribution in [-0.2, 0) is 25.3 Å². The quantitative estimate of drug-likeness (QED) is 0.153. The number of rotatable bonds is 6. The van der Waals surface area contributed by atoms with Gasteiger partial charge in [0.2, 0.25) is 0 Å². The van der Waals surface area contributed by atoms with Crippen LogP contribution in [0.2, 0.25) is 0 Å². The molecule has 0 bridgehead atoms. The van der Waals surface area contributed by atoms with E-state index in [4.69, 9.17) is 0 Å². The van der Waals surface area contributed by atoms with Gasteiger partial charge < -0.3 is 10.2 Å². The normalized spacial score (nSPS) is 14.4. The third-order valence-electron chi connectivity index (χ3n) is 8.64. The number of hydrogen-bond donors (Lipinski definition) is 1. The van der Waals surface area contributed by atoms with Gasteiger partial charge in [0.25, 0.3) is 5.91 Å². The van der Waals surface area contributed by atoms with E-state index in [9.17, 15) is 31.1 Å². The molecule has 0 saturated carbocycles. The molecule has 50 heavy (non-hydrogen) atoms. The van der Waals surface area contributed by atoms with Gasteiger partial charge in [-0.05, 0) is 91.0 Å². The average molecular weight is 691 g/mol. The van der Waals surface area contributed by atoms with Crippen molar-refractivity contribution in [2.75, 3.05) is 38.5 Å². The van der Waals surface area contributed by atoms with E-state index in [1.807, 2.05) is 18.9 Å². The first-order chi connectivity index (χ1) is 23.7. The van der Waals surface area contributed by atoms with Crippen LogP contribution in [0.5, 0.6) is 0 Å². The van der Waals surface area contributed by atoms with Crippen LogP contribution < -0.4 is 5.32 Å². The van der Waals surface area contributed by atoms with Crippen molar-refractivity contribution >= 4 is 17.2 Å². The first-order valence-corrected chi connectivity index (χ1v) is 15.8. The number of fused-ring (bicyclic) bond motifs is 1. The number of carbonyl (C=O) groups excluding carboxylic acids is 1. The summed E-state index contributed by atoms with van der Waals surface area (Å²) >= 11 is 0. The molecule has 1 amide bonds. The molecule has 1 saturated heterocycles. The van der Waals surface area contributed by atoms with Crippen LogP contribution in [0.4, 0.5) is 32.0 Å². The van der Waals surface area contributed by atoms with E-state index >= 15 is 0 Å². The number of nitrogens with zero attached hydrogens (tertiary/aromatic N) is 5. The molecule has 1 aliphatic heterocycles. The number of aryl methyl sites for hydroxylation is 1. The van der Waals surface area contributed by atoms with E-state index in [1.54, 1.807) is 41.2 Å². The molecule has 0 atom stereocenters. The summed E-state index contributed by atoms with van der Waals surface area (Å²) in [7, 11) is 1.95. The number of nitrogens with one attached hydrogen (secondary N) is 1. The van der Waals surface area contributed by atoms with Crippen molar-refractivity contribution in [1.29, 1.82) is 0 Å². The zero-order valence-corrected chi connectivity index (χ0v) is 27.2. The number of imidazole rings is 1. The molecule has 258 valence electrons. The van der Waals surface area contributed by atoms with Crippen LogP contribution in [0.25, 0.3) is 5.65 Å². The number of halogens is 6. The molecule has 7 nitrogen and oxygen atoms in total. The number of piperazine rings is 1. The number of aromatic nitrogens is 3. The number of benzene rings is 3. The fraction of sp³-hybridized carbons (Fsp3) is 0.270. The first kappa shape index (κ1) is 34.7. The molecular weight excluding hydrogens is 658 g/mol. The molecule has 0 spiro atoms. The highest BCUT2D eigenvalue weighted by molar-refractivity contribution is 6.04. The summed E-state index contributed by atoms with van der Waals surface area (Å²) in [4.78, 5) is 21.4. The van der Waals surface area contributed by atoms with Gasteiger partial charge in [0, 0.05) is 55.7 Å². The van der Waals surface area contributed by atoms with E-state index in [-0.39, 0.29) is 40.9 Å². The van der Waals surface area contributed by atoms with Crippen molar-refractivity contribution in [3.8, 4) is 11.8 Å². The number of likely N-dealkylation sites (N-methyl/N-ethyl adjacent to an activating group) is 1. The number of alkyl halides is 6. The molecule has 1 N–H and O–H groups in total. The van der Waals surface area contributed by atoms with Crippen molar-refractivity contribution in [2.24, 2.45) is 0 Å². The molecule has 0 aliphatic carbocycles. The Kier molecular flexibility index (Phi) is 9.69. The van der Waals surface area contributed by atoms with Gasteiger partial charge in [-0.15, -0.1) is 0 Å². The molecule has 1 aliphatic rings. The fourth-order valence-electron chi connectivity index (χ4n) is 5.82. The summed E-state index contributed by atoms with van der Waals surface area (Å²) in [6.45, 7) is 4.62. The maximum Gasteiger partial charge on any atom is 0.416 e. The lowest BCUT2D eigenvalue weighted by molar-refractivity contribution is -0.139. The predicted octanol–water partition coefficient (Wildman–Crippen LogP) is 7.07. The summed E-state index contributed by atoms with van der Waals surface area (Å²) in [6.07, 6.45) is -6.72. The largest absolute Gasteiger partial charge is 0.416 e. The fourth-order valence-corrected chi connectivity index (χ4v) is 5.82. The lowest BCUT2D eigenvalue weighted by Gasteiger charge is -2.33. The molecule has 0 unspecified atom stereocenters. The Morgan fingerprint density at radius 3 is 2.32 bits per heavy atom. The Labute approximate surface area is 284 Å². The number of amides is 1. The zero-order valence-electron chi connectivity index (χ0n) is 27.2. The Morgan fingerprint density at radius 1 is 0.860 bits per heavy atom. The topological polar surface area (TPSA) is 65.8 Å². The van der Waals surface area contributed by atoms with Gasteiger partial charge in [-0.1, -0.05) is 30.2 Å². The van der Waals surface area contributed by atoms with Crippen molar-refractivity contribution in [2.45, 2.75) is 32.2 Å². The Bertz CT molecular complexity index is 2100. The smallest absolute Gasteiger partial charge is 0.322 e. The summed E-state index contributed by atoms with van der Waals surface area (Å²) in [5.41, 5.74) is 0.559. The summed E-state index contributed by atoms with van der Waals surface area (Å²) < 4.78 is 86.8. The van der Waals surface area contributed by atoms with Crippen LogP contribution in [0, 0.1) is 18.8 Å². The van der Waals surface area contributed by atoms with Gasteiger partial charge in [-0.3, -0.25) is 9.69 Å². The predicted molar refractivity (Wildman–Crippen MR) is 177 cm³/mol. The van der Waals surface area contributed by atoms with Crippen LogP contribution in [-0.4, -0.2) is 63.5 Å². The van der Waals surface area contributed by atoms with Gasteiger partial charge in [-0.25, -0.2) is 9.50 Å². The highest BCUT2D eigenvalue weighted by Gasteiger charge is 2.36. The molecule has 3 aromatic carbocycles. The third-order valence-corrected chi connectivity index (χ3v) is 8.64. The molecule has 6 rings (SSSR count). The van der Waals surface area contributed by atoms with Gasteiger partial charge >= 0.3 is 12.4 Å². The van der Waals surface area contributed by atoms with Crippen LogP contribution in [0.3, 0.4) is 0 Å². The van der Waals surface area contributed by atoms with Crippen molar-refractivity contribution < 1.29 is 31.1 Å². The van der Waals surface area contributed by atoms with Crippen molar-refractivity contribution in [3.63, 3.8) is 0 Å². The minimum Gasteiger partial charge on any atom is -0.322 e. The maximum absolute atomic E-state index is 14.3. The van der Waals surface area contributed by atoms with Crippen molar-refractivity contribution in [1.82, 2.24) is 24.4 Å². The van der Waals surface area contributed by atoms with E-state index in [0.717, 1.165) is 30.8 Å². The number of anilines is 1. The summed E-state index contributed by atoms with van der Waals surface area (Å²) in [6, 6.07) is 15.3. The maximum atomic E-state index is 14.3. The van der Waals surface area contributed by atoms with Gasteiger partial charge in [0.1, 0.15) is 5.69 Å². The molecule has 1 fully saturated rings. The van der Waals surface area contributed by atoms with E-state index < -0.39 is 29.4 Å². The molecule has 0 radical (unpaired) electrons. The number of carbonyl (C=O) groups is 1. The molecule has 2 aromatic heterocycles. The minimum atomic E-state index is -4.83. The average Bonchev–Trinajstić information content (AvgIpc) is 3.49. The standard InChI is InChI=1S/C37H32F6N6O/c1-24-5-7-28(20-26(24)10-12-31-22-44-34-4-3-13-45-49(31)34)35(50)46-30-11-9-27(33(21-30)37(41,42)43)18-25-6-8-29(32(19-25)36(38,39)40)23-48-16-14-47(2)15-17-48/h3-9,11,13,19-22H,14-18,23H2,1-2H3,(H,46,50). The first-order valence-electron chi connectivity index (χ1n) is 15.8. The highest BCUT2D eigenvalue weighted by Crippen LogP contribution is 2.37. The van der Waals surface area contributed by atoms with Crippen molar-refractivity contribution in [3.05, 3.63) is 129 Å². The molecular formula is C37H32F6N6O. The zero-order chi connectivity index (χ0) is 35.6. The monoisotopic (exact) mass is 690 g/mol. The summed E-state index contributed by atoms with van der Waals surface area (Å²) in [5, 5.41) is 6.73. The lowest BCUT2D eigenvalue weighted by Crippen LogP contribution is -2.44. The lowest BCUT2D eigenvalue weighted by atomic mass is 9.95. The van der Waals surface area contributed by atoms with E-state index in [0.29, 0.717) is 30.0 Å². The Hall–Kier alpha value is -5.19. The van der Waals surface area contributed by atoms with E-state index in [2.05, 4.69) is 32.1 Å². The van der Waals surface area contributed by atoms with Crippen LogP contribution in [0.15, 0.2) is 79.1 Å². The second kappa shape index (κ2) is 14.0. The Morgan fingerprint density at radius 2 is 1.58 bits per heavy atom. The SMILES string of the molecule is Cc1ccc(C(=O)Nc2ccc(Cc3ccc(CN4CCN(C)CC4)c(C(F)(F)F)c3)c(C(F)(F)F)c2)cc1C#Cc1cnc2cccnn12. The molecule has 5 aromatic rings. The second-order valence-corrected chi connectivity index (χ2v) is 12.3. The Balaban J connectivity index is 1.21. The van der Waals surface area contributed by atoms with Gasteiger partial charge in [0.15, 0.2) is 5.65 Å². The number of hydrogen-bond acceptors (Lipinski definition) is 5. The van der Waals surface area contributed by atoms with E-state index in [1.165, 1.54) is 30.3 Å². The molecule has 3 heterocycles. The minimum absolute atomic E-state index is 0.0810. The van der Waals surface area contributed by atoms with Gasteiger partial charge in [0.05, 0.1) is 17.3 Å². The van der Waals surface area contributed by atoms with Crippen LogP contribution in [0.1, 0.15) is 55.0 Å². The summed E-state index contributed by atoms with van der Waals surface area (Å²) in [5.74, 6) is 5.34. The highest BCUT2D eigenvalue weighted by atomic mass is 19.4. The molecule has 13 heteroatoms. The van der Waals surface area contributed by atoms with Crippen LogP contribution >= 0.6 is 0 Å². The van der Waals surface area contributed by atoms with Gasteiger partial charge in [-0.2, -0.15) is 31.4 Å². The second-order valence-electron chi connectivity index (χ2n) is 12.3.